The molecule has 1 aromatic carbocycles. The number of rotatable bonds is 12. The van der Waals surface area contributed by atoms with Crippen molar-refractivity contribution in [2.45, 2.75) is 50.9 Å². The van der Waals surface area contributed by atoms with Gasteiger partial charge in [-0.1, -0.05) is 30.4 Å². The molecule has 3 aromatic rings. The second-order valence-corrected chi connectivity index (χ2v) is 12.0. The second-order valence-electron chi connectivity index (χ2n) is 12.0. The summed E-state index contributed by atoms with van der Waals surface area (Å²) in [5.41, 5.74) is 3.99. The number of aliphatic carboxylic acids is 1. The Balaban J connectivity index is 1.73. The second kappa shape index (κ2) is 12.3. The van der Waals surface area contributed by atoms with Crippen LogP contribution >= 0.6 is 0 Å². The quantitative estimate of drug-likeness (QED) is 0.334. The molecule has 0 saturated heterocycles. The number of aromatic nitrogens is 2. The lowest BCUT2D eigenvalue weighted by molar-refractivity contribution is -0.142. The fourth-order valence-corrected chi connectivity index (χ4v) is 5.84. The summed E-state index contributed by atoms with van der Waals surface area (Å²) < 4.78 is 34.8. The number of benzene rings is 1. The van der Waals surface area contributed by atoms with Gasteiger partial charge in [-0.25, -0.2) is 9.37 Å². The summed E-state index contributed by atoms with van der Waals surface area (Å²) in [5, 5.41) is 10.7. The smallest absolute Gasteiger partial charge is 0.307 e. The lowest BCUT2D eigenvalue weighted by atomic mass is 9.48. The van der Waals surface area contributed by atoms with Gasteiger partial charge < -0.3 is 19.7 Å². The molecule has 3 atom stereocenters. The molecule has 0 spiro atoms. The Kier molecular flexibility index (Phi) is 9.30. The first-order chi connectivity index (χ1) is 18.9. The third-order valence-corrected chi connectivity index (χ3v) is 8.08. The van der Waals surface area contributed by atoms with E-state index in [1.807, 2.05) is 25.1 Å². The number of nitrogens with one attached hydrogen (secondary N) is 1. The maximum absolute atomic E-state index is 15.8. The van der Waals surface area contributed by atoms with Crippen molar-refractivity contribution in [2.75, 3.05) is 32.9 Å². The molecule has 0 radical (unpaired) electrons. The van der Waals surface area contributed by atoms with Crippen LogP contribution in [0.4, 0.5) is 8.78 Å². The van der Waals surface area contributed by atoms with Crippen LogP contribution in [-0.2, 0) is 11.2 Å². The van der Waals surface area contributed by atoms with E-state index in [1.54, 1.807) is 6.92 Å². The molecule has 3 heterocycles. The Morgan fingerprint density at radius 1 is 1.32 bits per heavy atom. The zero-order valence-corrected chi connectivity index (χ0v) is 24.4. The van der Waals surface area contributed by atoms with Gasteiger partial charge in [-0.05, 0) is 44.9 Å². The number of halogens is 2. The fourth-order valence-electron chi connectivity index (χ4n) is 5.84. The largest absolute Gasteiger partial charge is 0.481 e. The van der Waals surface area contributed by atoms with Crippen molar-refractivity contribution >= 4 is 40.4 Å². The molecule has 0 bridgehead atoms. The van der Waals surface area contributed by atoms with Gasteiger partial charge in [0, 0.05) is 46.9 Å². The molecular weight excluding hydrogens is 511 g/mol. The monoisotopic (exact) mass is 550 g/mol. The van der Waals surface area contributed by atoms with E-state index >= 15 is 4.39 Å². The minimum absolute atomic E-state index is 0.0225. The van der Waals surface area contributed by atoms with Crippen LogP contribution in [0.15, 0.2) is 30.5 Å². The molecule has 0 saturated carbocycles. The number of hydrogen-bond donors (Lipinski definition) is 2. The fraction of sp³-hybridized carbons (Fsp3) is 0.500. The molecule has 40 heavy (non-hydrogen) atoms. The van der Waals surface area contributed by atoms with Gasteiger partial charge in [-0.3, -0.25) is 14.1 Å². The minimum Gasteiger partial charge on any atom is -0.481 e. The van der Waals surface area contributed by atoms with E-state index in [0.717, 1.165) is 28.6 Å². The molecule has 0 fully saturated rings. The van der Waals surface area contributed by atoms with E-state index in [2.05, 4.69) is 56.3 Å². The molecule has 1 aliphatic rings. The van der Waals surface area contributed by atoms with E-state index in [-0.39, 0.29) is 24.5 Å². The number of ether oxygens (including phenoxy) is 1. The number of pyridine rings is 1. The topological polar surface area (TPSA) is 81.7 Å². The van der Waals surface area contributed by atoms with E-state index in [9.17, 15) is 14.3 Å². The van der Waals surface area contributed by atoms with Crippen molar-refractivity contribution < 1.29 is 23.4 Å². The number of carboxylic acids is 1. The molecule has 2 aromatic heterocycles. The number of carbonyl (C=O) groups is 1. The number of aromatic amines is 1. The SMILES string of the molecule is BC(B)(B)N(CCCF)CCOc1ncc(F)c([C@@H]2c3[nH]c4ccccc4c3C[C@H](C)N2C[C@@H](C)C(=O)O)c1C. The van der Waals surface area contributed by atoms with E-state index < -0.39 is 23.7 Å². The van der Waals surface area contributed by atoms with Crippen LogP contribution in [0.2, 0.25) is 0 Å². The zero-order chi connectivity index (χ0) is 29.2. The van der Waals surface area contributed by atoms with Gasteiger partial charge in [-0.15, -0.1) is 0 Å². The first-order valence-electron chi connectivity index (χ1n) is 14.1. The van der Waals surface area contributed by atoms with Crippen molar-refractivity contribution in [3.8, 4) is 5.88 Å². The van der Waals surface area contributed by atoms with Gasteiger partial charge in [0.15, 0.2) is 0 Å². The maximum atomic E-state index is 15.8. The Hall–Kier alpha value is -2.85. The van der Waals surface area contributed by atoms with Crippen LogP contribution < -0.4 is 4.74 Å². The predicted molar refractivity (Wildman–Crippen MR) is 162 cm³/mol. The Morgan fingerprint density at radius 2 is 2.05 bits per heavy atom. The zero-order valence-electron chi connectivity index (χ0n) is 24.4. The first kappa shape index (κ1) is 30.1. The van der Waals surface area contributed by atoms with E-state index in [0.29, 0.717) is 43.1 Å². The normalized spacial score (nSPS) is 18.6. The highest BCUT2D eigenvalue weighted by molar-refractivity contribution is 6.59. The number of hydrogen-bond acceptors (Lipinski definition) is 5. The highest BCUT2D eigenvalue weighted by Gasteiger charge is 2.39. The summed E-state index contributed by atoms with van der Waals surface area (Å²) >= 11 is 0. The highest BCUT2D eigenvalue weighted by Crippen LogP contribution is 2.43. The number of H-pyrrole nitrogens is 1. The van der Waals surface area contributed by atoms with E-state index in [4.69, 9.17) is 4.74 Å². The molecule has 4 rings (SSSR count). The molecule has 2 N–H and O–H groups in total. The maximum Gasteiger partial charge on any atom is 0.307 e. The summed E-state index contributed by atoms with van der Waals surface area (Å²) in [6, 6.07) is 7.48. The lowest BCUT2D eigenvalue weighted by Gasteiger charge is -2.42. The third-order valence-electron chi connectivity index (χ3n) is 8.08. The lowest BCUT2D eigenvalue weighted by Crippen LogP contribution is -2.52. The van der Waals surface area contributed by atoms with Crippen LogP contribution in [0.1, 0.15) is 48.7 Å². The van der Waals surface area contributed by atoms with Crippen molar-refractivity contribution in [3.05, 3.63) is 58.7 Å². The summed E-state index contributed by atoms with van der Waals surface area (Å²) in [7, 11) is 6.25. The Labute approximate surface area is 237 Å². The molecule has 0 aliphatic carbocycles. The van der Waals surface area contributed by atoms with Crippen LogP contribution in [-0.4, -0.2) is 98.6 Å². The van der Waals surface area contributed by atoms with Crippen molar-refractivity contribution in [3.63, 3.8) is 0 Å². The van der Waals surface area contributed by atoms with Crippen LogP contribution in [0.5, 0.6) is 5.88 Å². The summed E-state index contributed by atoms with van der Waals surface area (Å²) in [4.78, 5) is 23.9. The van der Waals surface area contributed by atoms with Crippen LogP contribution in [0.25, 0.3) is 10.9 Å². The first-order valence-corrected chi connectivity index (χ1v) is 14.1. The molecule has 212 valence electrons. The average Bonchev–Trinajstić information content (AvgIpc) is 3.26. The standard InChI is InChI=1S/C28H39B3F2N4O3/c1-16(27(38)39)15-37-17(2)13-20-19-7-4-5-8-22(19)35-24(20)25(37)23-18(3)26(34-14-21(23)33)40-12-11-36(10-6-9-32)28(29,30)31/h4-5,7-8,14,16-17,25,35H,6,9-13,15,29-31H2,1-3H3,(H,38,39)/t16-,17+,25-/m1/s1. The Bertz CT molecular complexity index is 1350. The van der Waals surface area contributed by atoms with Gasteiger partial charge in [0.2, 0.25) is 5.88 Å². The van der Waals surface area contributed by atoms with Crippen molar-refractivity contribution in [1.29, 1.82) is 0 Å². The summed E-state index contributed by atoms with van der Waals surface area (Å²) in [5.74, 6) is -1.64. The molecular formula is C28H39B3F2N4O3. The minimum atomic E-state index is -0.888. The molecule has 12 heteroatoms. The average molecular weight is 550 g/mol. The van der Waals surface area contributed by atoms with Crippen LogP contribution in [0, 0.1) is 18.7 Å². The summed E-state index contributed by atoms with van der Waals surface area (Å²) in [6.07, 6.45) is 2.37. The van der Waals surface area contributed by atoms with Gasteiger partial charge in [0.1, 0.15) is 36.0 Å². The summed E-state index contributed by atoms with van der Waals surface area (Å²) in [6.45, 7) is 6.96. The van der Waals surface area contributed by atoms with Gasteiger partial charge in [-0.2, -0.15) is 0 Å². The highest BCUT2D eigenvalue weighted by atomic mass is 19.1. The number of nitrogens with zero attached hydrogens (tertiary/aromatic N) is 3. The number of alkyl halides is 1. The van der Waals surface area contributed by atoms with Crippen molar-refractivity contribution in [2.24, 2.45) is 5.92 Å². The number of para-hydroxylation sites is 1. The van der Waals surface area contributed by atoms with Gasteiger partial charge >= 0.3 is 5.97 Å². The van der Waals surface area contributed by atoms with Gasteiger partial charge in [0.05, 0.1) is 24.8 Å². The molecule has 7 nitrogen and oxygen atoms in total. The van der Waals surface area contributed by atoms with Crippen LogP contribution in [0.3, 0.4) is 0 Å². The number of fused-ring (bicyclic) bond motifs is 3. The van der Waals surface area contributed by atoms with Crippen molar-refractivity contribution in [1.82, 2.24) is 19.8 Å². The molecule has 0 amide bonds. The number of carboxylic acid groups (broad SMARTS) is 1. The van der Waals surface area contributed by atoms with E-state index in [1.165, 1.54) is 6.20 Å². The Morgan fingerprint density at radius 3 is 2.73 bits per heavy atom. The predicted octanol–water partition coefficient (Wildman–Crippen LogP) is 1.62. The molecule has 1 aliphatic heterocycles. The van der Waals surface area contributed by atoms with Gasteiger partial charge in [0.25, 0.3) is 0 Å². The molecule has 0 unspecified atom stereocenters. The third kappa shape index (κ3) is 6.23.